The number of benzene rings is 2. The smallest absolute Gasteiger partial charge is 0.318 e. The maximum Gasteiger partial charge on any atom is 0.318 e. The molecule has 0 radical (unpaired) electrons. The lowest BCUT2D eigenvalue weighted by atomic mass is 10.1. The summed E-state index contributed by atoms with van der Waals surface area (Å²) in [5, 5.41) is 0.300. The van der Waals surface area contributed by atoms with Gasteiger partial charge in [0.1, 0.15) is 18.2 Å². The van der Waals surface area contributed by atoms with Crippen LogP contribution >= 0.6 is 11.6 Å². The van der Waals surface area contributed by atoms with Gasteiger partial charge in [0.15, 0.2) is 11.6 Å². The first-order chi connectivity index (χ1) is 18.9. The summed E-state index contributed by atoms with van der Waals surface area (Å²) in [4.78, 5) is 17.4. The molecule has 0 saturated carbocycles. The molecule has 0 bridgehead atoms. The third-order valence-corrected chi connectivity index (χ3v) is 7.63. The molecule has 4 heterocycles. The monoisotopic (exact) mass is 554 g/mol. The molecule has 4 aromatic rings. The Balaban J connectivity index is 1.14. The second-order valence-electron chi connectivity index (χ2n) is 10.0. The quantitative estimate of drug-likeness (QED) is 0.309. The molecule has 39 heavy (non-hydrogen) atoms. The lowest BCUT2D eigenvalue weighted by Crippen LogP contribution is -2.52. The zero-order valence-corrected chi connectivity index (χ0v) is 22.3. The van der Waals surface area contributed by atoms with Gasteiger partial charge in [-0.2, -0.15) is 4.98 Å². The van der Waals surface area contributed by atoms with Gasteiger partial charge >= 0.3 is 6.01 Å². The number of halogens is 3. The molecule has 204 valence electrons. The van der Waals surface area contributed by atoms with Crippen LogP contribution in [0, 0.1) is 11.6 Å². The number of aromatic nitrogens is 4. The highest BCUT2D eigenvalue weighted by Gasteiger charge is 2.29. The van der Waals surface area contributed by atoms with Crippen molar-refractivity contribution in [3.8, 4) is 6.01 Å². The van der Waals surface area contributed by atoms with Crippen LogP contribution in [0.2, 0.25) is 5.02 Å². The van der Waals surface area contributed by atoms with Crippen molar-refractivity contribution < 1.29 is 18.3 Å². The van der Waals surface area contributed by atoms with E-state index in [1.165, 1.54) is 12.1 Å². The van der Waals surface area contributed by atoms with Gasteiger partial charge in [0.25, 0.3) is 0 Å². The minimum Gasteiger partial charge on any atom is -0.458 e. The molecule has 8 nitrogen and oxygen atoms in total. The summed E-state index contributed by atoms with van der Waals surface area (Å²) >= 11 is 5.81. The third-order valence-electron chi connectivity index (χ3n) is 7.40. The number of piperazine rings is 1. The van der Waals surface area contributed by atoms with Crippen LogP contribution in [-0.4, -0.2) is 62.8 Å². The Morgan fingerprint density at radius 3 is 2.72 bits per heavy atom. The summed E-state index contributed by atoms with van der Waals surface area (Å²) in [6, 6.07) is 12.6. The minimum atomic E-state index is -0.525. The number of hydrogen-bond donors (Lipinski definition) is 0. The minimum absolute atomic E-state index is 0.0113. The van der Waals surface area contributed by atoms with Gasteiger partial charge in [-0.15, -0.1) is 0 Å². The highest BCUT2D eigenvalue weighted by molar-refractivity contribution is 6.30. The summed E-state index contributed by atoms with van der Waals surface area (Å²) in [5.74, 6) is 0.175. The van der Waals surface area contributed by atoms with Crippen molar-refractivity contribution in [2.24, 2.45) is 0 Å². The van der Waals surface area contributed by atoms with Gasteiger partial charge in [-0.3, -0.25) is 4.90 Å². The molecule has 0 N–H and O–H groups in total. The highest BCUT2D eigenvalue weighted by atomic mass is 35.5. The molecule has 0 amide bonds. The molecule has 2 fully saturated rings. The fourth-order valence-electron chi connectivity index (χ4n) is 5.10. The fraction of sp³-hybridized carbons (Fsp3) is 0.393. The van der Waals surface area contributed by atoms with Gasteiger partial charge in [0.2, 0.25) is 0 Å². The number of rotatable bonds is 8. The molecule has 0 aliphatic carbocycles. The lowest BCUT2D eigenvalue weighted by molar-refractivity contribution is -0.0592. The Morgan fingerprint density at radius 2 is 1.95 bits per heavy atom. The summed E-state index contributed by atoms with van der Waals surface area (Å²) in [6.45, 7) is 6.18. The van der Waals surface area contributed by atoms with E-state index in [9.17, 15) is 8.78 Å². The zero-order chi connectivity index (χ0) is 26.9. The van der Waals surface area contributed by atoms with E-state index in [2.05, 4.69) is 32.4 Å². The molecular formula is C28H29ClF2N6O2. The molecule has 2 aliphatic rings. The van der Waals surface area contributed by atoms with Gasteiger partial charge in [0.05, 0.1) is 36.4 Å². The van der Waals surface area contributed by atoms with Crippen LogP contribution in [0.15, 0.2) is 48.7 Å². The van der Waals surface area contributed by atoms with Gasteiger partial charge in [0, 0.05) is 42.9 Å². The van der Waals surface area contributed by atoms with Crippen LogP contribution in [0.4, 0.5) is 14.6 Å². The number of anilines is 1. The van der Waals surface area contributed by atoms with Gasteiger partial charge in [-0.25, -0.2) is 18.7 Å². The predicted molar refractivity (Wildman–Crippen MR) is 144 cm³/mol. The van der Waals surface area contributed by atoms with Gasteiger partial charge in [-0.05, 0) is 37.6 Å². The normalized spacial score (nSPS) is 19.8. The first-order valence-electron chi connectivity index (χ1n) is 13.1. The molecule has 2 aromatic heterocycles. The van der Waals surface area contributed by atoms with Crippen LogP contribution in [0.25, 0.3) is 11.0 Å². The predicted octanol–water partition coefficient (Wildman–Crippen LogP) is 4.84. The Hall–Kier alpha value is -3.34. The zero-order valence-electron chi connectivity index (χ0n) is 21.6. The topological polar surface area (TPSA) is 68.5 Å². The van der Waals surface area contributed by atoms with E-state index in [1.54, 1.807) is 6.07 Å². The summed E-state index contributed by atoms with van der Waals surface area (Å²) in [7, 11) is 0. The Kier molecular flexibility index (Phi) is 7.33. The van der Waals surface area contributed by atoms with Crippen molar-refractivity contribution >= 4 is 28.5 Å². The number of hydrogen-bond acceptors (Lipinski definition) is 7. The maximum atomic E-state index is 14.8. The molecule has 2 saturated heterocycles. The van der Waals surface area contributed by atoms with Crippen LogP contribution in [0.1, 0.15) is 24.7 Å². The van der Waals surface area contributed by atoms with Gasteiger partial charge < -0.3 is 18.9 Å². The number of para-hydroxylation sites is 2. The molecular weight excluding hydrogens is 526 g/mol. The standard InChI is InChI=1S/C28H29ClF2N6O2/c1-18-14-36(27-23(31)13-32-28(34-27)39-17-19-6-7-20(29)12-22(19)30)10-9-35(18)16-26-33-24-4-2-3-5-25(24)37(26)15-21-8-11-38-21/h2-7,12-13,18,21H,8-11,14-17H2,1H3/t18-,21-/m0/s1. The van der Waals surface area contributed by atoms with E-state index in [-0.39, 0.29) is 30.6 Å². The largest absolute Gasteiger partial charge is 0.458 e. The van der Waals surface area contributed by atoms with Crippen LogP contribution < -0.4 is 9.64 Å². The van der Waals surface area contributed by atoms with Crippen molar-refractivity contribution in [2.75, 3.05) is 31.1 Å². The van der Waals surface area contributed by atoms with Gasteiger partial charge in [-0.1, -0.05) is 29.8 Å². The Bertz CT molecular complexity index is 1480. The fourth-order valence-corrected chi connectivity index (χ4v) is 5.26. The molecule has 2 aromatic carbocycles. The van der Waals surface area contributed by atoms with Crippen molar-refractivity contribution in [3.05, 3.63) is 76.7 Å². The average Bonchev–Trinajstić information content (AvgIpc) is 3.24. The first-order valence-corrected chi connectivity index (χ1v) is 13.5. The number of nitrogens with zero attached hydrogens (tertiary/aromatic N) is 6. The average molecular weight is 555 g/mol. The van der Waals surface area contributed by atoms with Crippen LogP contribution in [0.3, 0.4) is 0 Å². The molecule has 2 aliphatic heterocycles. The third kappa shape index (κ3) is 5.54. The highest BCUT2D eigenvalue weighted by Crippen LogP contribution is 2.26. The lowest BCUT2D eigenvalue weighted by Gasteiger charge is -2.40. The molecule has 2 atom stereocenters. The van der Waals surface area contributed by atoms with Crippen LogP contribution in [0.5, 0.6) is 6.01 Å². The number of ether oxygens (including phenoxy) is 2. The van der Waals surface area contributed by atoms with Crippen molar-refractivity contribution in [1.29, 1.82) is 0 Å². The second-order valence-corrected chi connectivity index (χ2v) is 10.5. The first kappa shape index (κ1) is 25.9. The van der Waals surface area contributed by atoms with E-state index in [4.69, 9.17) is 26.1 Å². The number of fused-ring (bicyclic) bond motifs is 1. The van der Waals surface area contributed by atoms with E-state index in [0.29, 0.717) is 36.8 Å². The molecule has 11 heteroatoms. The van der Waals surface area contributed by atoms with Crippen molar-refractivity contribution in [1.82, 2.24) is 24.4 Å². The Morgan fingerprint density at radius 1 is 1.10 bits per heavy atom. The molecule has 0 spiro atoms. The summed E-state index contributed by atoms with van der Waals surface area (Å²) in [5.41, 5.74) is 2.40. The second kappa shape index (κ2) is 11.0. The van der Waals surface area contributed by atoms with E-state index in [1.807, 2.05) is 23.1 Å². The van der Waals surface area contributed by atoms with E-state index in [0.717, 1.165) is 42.6 Å². The summed E-state index contributed by atoms with van der Waals surface area (Å²) in [6.07, 6.45) is 2.38. The molecule has 6 rings (SSSR count). The van der Waals surface area contributed by atoms with E-state index < -0.39 is 11.6 Å². The SMILES string of the molecule is C[C@H]1CN(c2nc(OCc3ccc(Cl)cc3F)ncc2F)CCN1Cc1nc2ccccc2n1C[C@@H]1CCO1. The van der Waals surface area contributed by atoms with E-state index >= 15 is 0 Å². The van der Waals surface area contributed by atoms with Crippen molar-refractivity contribution in [2.45, 2.75) is 45.2 Å². The number of imidazole rings is 1. The summed E-state index contributed by atoms with van der Waals surface area (Å²) < 4.78 is 42.5. The maximum absolute atomic E-state index is 14.8. The Labute approximate surface area is 230 Å². The van der Waals surface area contributed by atoms with Crippen LogP contribution in [-0.2, 0) is 24.4 Å². The molecule has 0 unspecified atom stereocenters. The van der Waals surface area contributed by atoms with Crippen molar-refractivity contribution in [3.63, 3.8) is 0 Å².